The van der Waals surface area contributed by atoms with Crippen LogP contribution in [0.2, 0.25) is 0 Å². The van der Waals surface area contributed by atoms with E-state index >= 15 is 0 Å². The lowest BCUT2D eigenvalue weighted by atomic mass is 10.1. The summed E-state index contributed by atoms with van der Waals surface area (Å²) in [5.41, 5.74) is 1.49. The van der Waals surface area contributed by atoms with Crippen LogP contribution in [0.5, 0.6) is 5.75 Å². The number of halogens is 1. The third-order valence-corrected chi connectivity index (χ3v) is 5.91. The molecule has 0 aliphatic carbocycles. The molecule has 2 aromatic carbocycles. The Morgan fingerprint density at radius 2 is 1.90 bits per heavy atom. The molecule has 30 heavy (non-hydrogen) atoms. The Balaban J connectivity index is 1.65. The first-order chi connectivity index (χ1) is 14.7. The van der Waals surface area contributed by atoms with Crippen molar-refractivity contribution in [3.05, 3.63) is 77.0 Å². The molecule has 0 saturated heterocycles. The topological polar surface area (TPSA) is 70.2 Å². The molecule has 4 aromatic rings. The van der Waals surface area contributed by atoms with Crippen molar-refractivity contribution in [2.24, 2.45) is 0 Å². The minimum absolute atomic E-state index is 0.00765. The van der Waals surface area contributed by atoms with Crippen LogP contribution in [-0.2, 0) is 0 Å². The molecule has 0 N–H and O–H groups in total. The molecule has 0 radical (unpaired) electrons. The van der Waals surface area contributed by atoms with Crippen molar-refractivity contribution in [1.82, 2.24) is 14.8 Å². The van der Waals surface area contributed by atoms with E-state index in [1.165, 1.54) is 11.8 Å². The molecule has 2 heterocycles. The highest BCUT2D eigenvalue weighted by Gasteiger charge is 2.20. The number of nitrogens with zero attached hydrogens (tertiary/aromatic N) is 3. The number of hydrogen-bond acceptors (Lipinski definition) is 6. The van der Waals surface area contributed by atoms with Gasteiger partial charge < -0.3 is 9.15 Å². The standard InChI is InChI=1S/C22H18BrN3O3S/c1-2-28-16-11-9-15(10-12-16)26-21(20-8-5-13-29-20)24-25-22(26)30-14-19(27)17-6-3-4-7-18(17)23/h3-13H,2,14H2,1H3. The van der Waals surface area contributed by atoms with Crippen LogP contribution in [0.3, 0.4) is 0 Å². The van der Waals surface area contributed by atoms with Gasteiger partial charge in [0.1, 0.15) is 5.75 Å². The third kappa shape index (κ3) is 4.34. The highest BCUT2D eigenvalue weighted by atomic mass is 79.9. The quantitative estimate of drug-likeness (QED) is 0.237. The van der Waals surface area contributed by atoms with E-state index in [4.69, 9.17) is 9.15 Å². The Morgan fingerprint density at radius 1 is 1.10 bits per heavy atom. The molecule has 8 heteroatoms. The summed E-state index contributed by atoms with van der Waals surface area (Å²) in [7, 11) is 0. The van der Waals surface area contributed by atoms with Gasteiger partial charge in [-0.2, -0.15) is 0 Å². The van der Waals surface area contributed by atoms with Gasteiger partial charge in [-0.25, -0.2) is 0 Å². The number of Topliss-reactive ketones (excluding diaryl/α,β-unsaturated/α-hetero) is 1. The number of furan rings is 1. The summed E-state index contributed by atoms with van der Waals surface area (Å²) < 4.78 is 13.7. The second-order valence-electron chi connectivity index (χ2n) is 6.24. The zero-order valence-electron chi connectivity index (χ0n) is 16.1. The SMILES string of the molecule is CCOc1ccc(-n2c(SCC(=O)c3ccccc3Br)nnc2-c2ccco2)cc1. The molecule has 152 valence electrons. The highest BCUT2D eigenvalue weighted by Crippen LogP contribution is 2.30. The average molecular weight is 484 g/mol. The first-order valence-corrected chi connectivity index (χ1v) is 11.1. The van der Waals surface area contributed by atoms with Crippen LogP contribution in [-0.4, -0.2) is 32.9 Å². The van der Waals surface area contributed by atoms with Crippen LogP contribution in [0.25, 0.3) is 17.3 Å². The smallest absolute Gasteiger partial charge is 0.205 e. The lowest BCUT2D eigenvalue weighted by Crippen LogP contribution is -2.05. The summed E-state index contributed by atoms with van der Waals surface area (Å²) in [5, 5.41) is 9.23. The van der Waals surface area contributed by atoms with E-state index in [-0.39, 0.29) is 11.5 Å². The second-order valence-corrected chi connectivity index (χ2v) is 8.03. The number of carbonyl (C=O) groups is 1. The number of ketones is 1. The zero-order chi connectivity index (χ0) is 20.9. The van der Waals surface area contributed by atoms with E-state index in [1.54, 1.807) is 18.4 Å². The fourth-order valence-electron chi connectivity index (χ4n) is 2.91. The molecular formula is C22H18BrN3O3S. The van der Waals surface area contributed by atoms with Gasteiger partial charge >= 0.3 is 0 Å². The van der Waals surface area contributed by atoms with Gasteiger partial charge in [-0.3, -0.25) is 9.36 Å². The lowest BCUT2D eigenvalue weighted by Gasteiger charge is -2.10. The van der Waals surface area contributed by atoms with E-state index in [0.717, 1.165) is 15.9 Å². The lowest BCUT2D eigenvalue weighted by molar-refractivity contribution is 0.102. The highest BCUT2D eigenvalue weighted by molar-refractivity contribution is 9.10. The maximum atomic E-state index is 12.7. The van der Waals surface area contributed by atoms with E-state index in [1.807, 2.05) is 60.0 Å². The van der Waals surface area contributed by atoms with E-state index in [2.05, 4.69) is 26.1 Å². The molecule has 0 aliphatic heterocycles. The van der Waals surface area contributed by atoms with Gasteiger partial charge in [-0.05, 0) is 49.4 Å². The third-order valence-electron chi connectivity index (χ3n) is 4.29. The van der Waals surface area contributed by atoms with Gasteiger partial charge in [0.2, 0.25) is 5.82 Å². The van der Waals surface area contributed by atoms with Crippen LogP contribution in [0.15, 0.2) is 81.0 Å². The molecule has 6 nitrogen and oxygen atoms in total. The van der Waals surface area contributed by atoms with Gasteiger partial charge in [0.15, 0.2) is 16.7 Å². The molecule has 0 amide bonds. The Hall–Kier alpha value is -2.84. The molecule has 4 rings (SSSR count). The number of ether oxygens (including phenoxy) is 1. The zero-order valence-corrected chi connectivity index (χ0v) is 18.5. The van der Waals surface area contributed by atoms with Gasteiger partial charge in [0.05, 0.1) is 24.3 Å². The van der Waals surface area contributed by atoms with Crippen LogP contribution in [0.4, 0.5) is 0 Å². The Bertz CT molecular complexity index is 1140. The Labute approximate surface area is 186 Å². The first-order valence-electron chi connectivity index (χ1n) is 9.30. The predicted octanol–water partition coefficient (Wildman–Crippen LogP) is 5.66. The van der Waals surface area contributed by atoms with Crippen molar-refractivity contribution in [3.8, 4) is 23.0 Å². The van der Waals surface area contributed by atoms with E-state index in [0.29, 0.717) is 28.9 Å². The Kier molecular flexibility index (Phi) is 6.35. The summed E-state index contributed by atoms with van der Waals surface area (Å²) >= 11 is 4.77. The van der Waals surface area contributed by atoms with Crippen molar-refractivity contribution in [1.29, 1.82) is 0 Å². The second kappa shape index (κ2) is 9.32. The number of carbonyl (C=O) groups excluding carboxylic acids is 1. The molecule has 0 atom stereocenters. The van der Waals surface area contributed by atoms with Gasteiger partial charge in [-0.1, -0.05) is 45.9 Å². The van der Waals surface area contributed by atoms with E-state index in [9.17, 15) is 4.79 Å². The average Bonchev–Trinajstić information content (AvgIpc) is 3.43. The molecule has 2 aromatic heterocycles. The van der Waals surface area contributed by atoms with Crippen LogP contribution in [0, 0.1) is 0 Å². The predicted molar refractivity (Wildman–Crippen MR) is 119 cm³/mol. The molecule has 0 fully saturated rings. The van der Waals surface area contributed by atoms with Crippen LogP contribution < -0.4 is 4.74 Å². The number of benzene rings is 2. The minimum Gasteiger partial charge on any atom is -0.494 e. The number of rotatable bonds is 8. The molecule has 0 aliphatic rings. The summed E-state index contributed by atoms with van der Waals surface area (Å²) in [6, 6.07) is 18.7. The van der Waals surface area contributed by atoms with Crippen molar-refractivity contribution in [2.45, 2.75) is 12.1 Å². The fraction of sp³-hybridized carbons (Fsp3) is 0.136. The normalized spacial score (nSPS) is 10.9. The summed E-state index contributed by atoms with van der Waals surface area (Å²) in [5.74, 6) is 2.19. The van der Waals surface area contributed by atoms with Gasteiger partial charge in [0, 0.05) is 10.0 Å². The van der Waals surface area contributed by atoms with Crippen molar-refractivity contribution >= 4 is 33.5 Å². The molecule has 0 spiro atoms. The number of aromatic nitrogens is 3. The van der Waals surface area contributed by atoms with Crippen molar-refractivity contribution < 1.29 is 13.9 Å². The fourth-order valence-corrected chi connectivity index (χ4v) is 4.26. The molecular weight excluding hydrogens is 466 g/mol. The molecule has 0 saturated carbocycles. The maximum absolute atomic E-state index is 12.7. The van der Waals surface area contributed by atoms with Crippen LogP contribution in [0.1, 0.15) is 17.3 Å². The van der Waals surface area contributed by atoms with Crippen molar-refractivity contribution in [2.75, 3.05) is 12.4 Å². The van der Waals surface area contributed by atoms with Crippen molar-refractivity contribution in [3.63, 3.8) is 0 Å². The largest absolute Gasteiger partial charge is 0.494 e. The first kappa shape index (κ1) is 20.4. The Morgan fingerprint density at radius 3 is 2.60 bits per heavy atom. The van der Waals surface area contributed by atoms with Crippen LogP contribution >= 0.6 is 27.7 Å². The number of thioether (sulfide) groups is 1. The summed E-state index contributed by atoms with van der Waals surface area (Å²) in [6.07, 6.45) is 1.59. The van der Waals surface area contributed by atoms with Gasteiger partial charge in [0.25, 0.3) is 0 Å². The molecule has 0 unspecified atom stereocenters. The number of hydrogen-bond donors (Lipinski definition) is 0. The van der Waals surface area contributed by atoms with E-state index < -0.39 is 0 Å². The molecule has 0 bridgehead atoms. The monoisotopic (exact) mass is 483 g/mol. The summed E-state index contributed by atoms with van der Waals surface area (Å²) in [4.78, 5) is 12.7. The maximum Gasteiger partial charge on any atom is 0.205 e. The van der Waals surface area contributed by atoms with Gasteiger partial charge in [-0.15, -0.1) is 10.2 Å². The minimum atomic E-state index is 0.00765. The summed E-state index contributed by atoms with van der Waals surface area (Å²) in [6.45, 7) is 2.54.